The van der Waals surface area contributed by atoms with Crippen molar-refractivity contribution in [2.45, 2.75) is 85.1 Å². The van der Waals surface area contributed by atoms with E-state index in [4.69, 9.17) is 4.74 Å². The van der Waals surface area contributed by atoms with E-state index >= 15 is 0 Å². The Morgan fingerprint density at radius 1 is 1.14 bits per heavy atom. The van der Waals surface area contributed by atoms with Crippen LogP contribution in [0.25, 0.3) is 0 Å². The van der Waals surface area contributed by atoms with Crippen molar-refractivity contribution in [3.63, 3.8) is 0 Å². The van der Waals surface area contributed by atoms with Crippen LogP contribution in [0.3, 0.4) is 0 Å². The molecule has 4 aliphatic rings. The van der Waals surface area contributed by atoms with E-state index in [1.54, 1.807) is 5.57 Å². The summed E-state index contributed by atoms with van der Waals surface area (Å²) in [5, 5.41) is 3.06. The highest BCUT2D eigenvalue weighted by molar-refractivity contribution is 5.79. The number of ether oxygens (including phenoxy) is 1. The Bertz CT molecular complexity index is 685. The van der Waals surface area contributed by atoms with Gasteiger partial charge in [-0.05, 0) is 93.8 Å². The summed E-state index contributed by atoms with van der Waals surface area (Å²) in [6.07, 6.45) is 11.3. The molecule has 0 radical (unpaired) electrons. The van der Waals surface area contributed by atoms with E-state index in [0.717, 1.165) is 43.9 Å². The SMILES string of the molecule is CCOC(=O)N[C@@H]1CC[C@@]2(C)C(=CC[C@H]3[C@@H]4CC[C@H](C(C)=O)[C@@]4(C)CC[C@@H]32)C1. The second-order valence-electron chi connectivity index (χ2n) is 10.3. The zero-order valence-corrected chi connectivity index (χ0v) is 18.1. The monoisotopic (exact) mass is 387 g/mol. The molecule has 28 heavy (non-hydrogen) atoms. The minimum Gasteiger partial charge on any atom is -0.450 e. The summed E-state index contributed by atoms with van der Waals surface area (Å²) in [6, 6.07) is 0.206. The van der Waals surface area contributed by atoms with Crippen LogP contribution in [0.4, 0.5) is 4.79 Å². The van der Waals surface area contributed by atoms with E-state index in [9.17, 15) is 9.59 Å². The number of carbonyl (C=O) groups excluding carboxylic acids is 2. The zero-order valence-electron chi connectivity index (χ0n) is 18.1. The molecule has 4 nitrogen and oxygen atoms in total. The van der Waals surface area contributed by atoms with Crippen LogP contribution in [-0.4, -0.2) is 24.5 Å². The van der Waals surface area contributed by atoms with Crippen molar-refractivity contribution in [1.29, 1.82) is 0 Å². The van der Waals surface area contributed by atoms with Gasteiger partial charge in [0.2, 0.25) is 0 Å². The maximum absolute atomic E-state index is 12.3. The van der Waals surface area contributed by atoms with Crippen LogP contribution < -0.4 is 5.32 Å². The van der Waals surface area contributed by atoms with Gasteiger partial charge in [0.05, 0.1) is 6.61 Å². The van der Waals surface area contributed by atoms with E-state index in [2.05, 4.69) is 25.2 Å². The predicted octanol–water partition coefficient (Wildman–Crippen LogP) is 5.27. The van der Waals surface area contributed by atoms with E-state index < -0.39 is 0 Å². The van der Waals surface area contributed by atoms with Crippen molar-refractivity contribution >= 4 is 11.9 Å². The minimum absolute atomic E-state index is 0.206. The standard InChI is InChI=1S/C24H37NO3/c1-5-28-22(27)25-17-10-12-23(3)16(14-17)6-7-18-20-9-8-19(15(2)26)24(20,4)13-11-21(18)23/h6,17-21H,5,7-14H2,1-4H3,(H,25,27)/t17-,18+,19-,20+,21+,23+,24-/m1/s1. The lowest BCUT2D eigenvalue weighted by molar-refractivity contribution is -0.127. The Morgan fingerprint density at radius 2 is 1.93 bits per heavy atom. The quantitative estimate of drug-likeness (QED) is 0.671. The first kappa shape index (κ1) is 20.0. The Hall–Kier alpha value is -1.32. The van der Waals surface area contributed by atoms with Crippen molar-refractivity contribution in [2.75, 3.05) is 6.61 Å². The summed E-state index contributed by atoms with van der Waals surface area (Å²) in [5.41, 5.74) is 2.05. The van der Waals surface area contributed by atoms with Gasteiger partial charge in [0.15, 0.2) is 0 Å². The van der Waals surface area contributed by atoms with Crippen LogP contribution in [-0.2, 0) is 9.53 Å². The van der Waals surface area contributed by atoms with Gasteiger partial charge in [-0.15, -0.1) is 0 Å². The zero-order chi connectivity index (χ0) is 20.1. The second kappa shape index (κ2) is 7.18. The summed E-state index contributed by atoms with van der Waals surface area (Å²) < 4.78 is 5.08. The minimum atomic E-state index is -0.278. The summed E-state index contributed by atoms with van der Waals surface area (Å²) in [7, 11) is 0. The third kappa shape index (κ3) is 3.02. The maximum Gasteiger partial charge on any atom is 0.407 e. The van der Waals surface area contributed by atoms with E-state index in [0.29, 0.717) is 18.3 Å². The van der Waals surface area contributed by atoms with Gasteiger partial charge in [0.25, 0.3) is 0 Å². The number of nitrogens with one attached hydrogen (secondary N) is 1. The molecule has 1 amide bonds. The Labute approximate surface area is 169 Å². The Kier molecular flexibility index (Phi) is 5.12. The highest BCUT2D eigenvalue weighted by Crippen LogP contribution is 2.66. The number of fused-ring (bicyclic) bond motifs is 5. The third-order valence-corrected chi connectivity index (χ3v) is 9.19. The molecule has 4 heteroatoms. The molecule has 156 valence electrons. The van der Waals surface area contributed by atoms with Gasteiger partial charge in [-0.2, -0.15) is 0 Å². The van der Waals surface area contributed by atoms with Gasteiger partial charge in [-0.3, -0.25) is 4.79 Å². The lowest BCUT2D eigenvalue weighted by Gasteiger charge is -2.58. The van der Waals surface area contributed by atoms with Gasteiger partial charge in [-0.25, -0.2) is 4.79 Å². The first-order valence-electron chi connectivity index (χ1n) is 11.4. The van der Waals surface area contributed by atoms with Crippen LogP contribution in [0.5, 0.6) is 0 Å². The molecular weight excluding hydrogens is 350 g/mol. The smallest absolute Gasteiger partial charge is 0.407 e. The first-order valence-corrected chi connectivity index (χ1v) is 11.4. The molecule has 0 aromatic heterocycles. The van der Waals surface area contributed by atoms with Crippen LogP contribution >= 0.6 is 0 Å². The van der Waals surface area contributed by atoms with Gasteiger partial charge >= 0.3 is 6.09 Å². The molecule has 3 fully saturated rings. The van der Waals surface area contributed by atoms with Gasteiger partial charge < -0.3 is 10.1 Å². The summed E-state index contributed by atoms with van der Waals surface area (Å²) in [4.78, 5) is 24.1. The lowest BCUT2D eigenvalue weighted by Crippen LogP contribution is -2.52. The molecule has 0 unspecified atom stereocenters. The topological polar surface area (TPSA) is 55.4 Å². The molecule has 0 saturated heterocycles. The molecule has 0 aromatic carbocycles. The number of hydrogen-bond donors (Lipinski definition) is 1. The molecule has 4 aliphatic carbocycles. The molecule has 0 spiro atoms. The van der Waals surface area contributed by atoms with Crippen molar-refractivity contribution in [1.82, 2.24) is 5.32 Å². The summed E-state index contributed by atoms with van der Waals surface area (Å²) in [6.45, 7) is 8.97. The molecule has 4 rings (SSSR count). The highest BCUT2D eigenvalue weighted by Gasteiger charge is 2.59. The van der Waals surface area contributed by atoms with Gasteiger partial charge in [-0.1, -0.05) is 25.5 Å². The number of Topliss-reactive ketones (excluding diaryl/α,β-unsaturated/α-hetero) is 1. The lowest BCUT2D eigenvalue weighted by atomic mass is 9.47. The van der Waals surface area contributed by atoms with E-state index in [1.807, 2.05) is 13.8 Å². The fourth-order valence-corrected chi connectivity index (χ4v) is 7.79. The van der Waals surface area contributed by atoms with Crippen molar-refractivity contribution in [3.05, 3.63) is 11.6 Å². The number of carbonyl (C=O) groups is 2. The summed E-state index contributed by atoms with van der Waals surface area (Å²) in [5.74, 6) is 2.85. The van der Waals surface area contributed by atoms with Crippen LogP contribution in [0.1, 0.15) is 79.1 Å². The molecular formula is C24H37NO3. The van der Waals surface area contributed by atoms with E-state index in [-0.39, 0.29) is 28.9 Å². The average molecular weight is 388 g/mol. The molecule has 7 atom stereocenters. The highest BCUT2D eigenvalue weighted by atomic mass is 16.5. The fraction of sp³-hybridized carbons (Fsp3) is 0.833. The maximum atomic E-state index is 12.3. The molecule has 0 aromatic rings. The van der Waals surface area contributed by atoms with Crippen LogP contribution in [0.2, 0.25) is 0 Å². The Balaban J connectivity index is 1.52. The molecule has 0 aliphatic heterocycles. The number of alkyl carbamates (subject to hydrolysis) is 1. The third-order valence-electron chi connectivity index (χ3n) is 9.19. The Morgan fingerprint density at radius 3 is 2.64 bits per heavy atom. The number of rotatable bonds is 3. The second-order valence-corrected chi connectivity index (χ2v) is 10.3. The number of allylic oxidation sites excluding steroid dienone is 1. The number of hydrogen-bond acceptors (Lipinski definition) is 3. The number of amides is 1. The predicted molar refractivity (Wildman–Crippen MR) is 110 cm³/mol. The molecule has 0 bridgehead atoms. The van der Waals surface area contributed by atoms with Crippen molar-refractivity contribution < 1.29 is 14.3 Å². The van der Waals surface area contributed by atoms with Crippen molar-refractivity contribution in [2.24, 2.45) is 34.5 Å². The average Bonchev–Trinajstić information content (AvgIpc) is 2.99. The van der Waals surface area contributed by atoms with Crippen LogP contribution in [0, 0.1) is 34.5 Å². The normalized spacial score (nSPS) is 44.6. The van der Waals surface area contributed by atoms with E-state index in [1.165, 1.54) is 19.3 Å². The fourth-order valence-electron chi connectivity index (χ4n) is 7.79. The molecule has 0 heterocycles. The summed E-state index contributed by atoms with van der Waals surface area (Å²) >= 11 is 0. The van der Waals surface area contributed by atoms with Crippen LogP contribution in [0.15, 0.2) is 11.6 Å². The van der Waals surface area contributed by atoms with Gasteiger partial charge in [0.1, 0.15) is 5.78 Å². The largest absolute Gasteiger partial charge is 0.450 e. The van der Waals surface area contributed by atoms with Crippen molar-refractivity contribution in [3.8, 4) is 0 Å². The number of ketones is 1. The molecule has 1 N–H and O–H groups in total. The first-order chi connectivity index (χ1) is 13.3. The molecule has 3 saturated carbocycles. The van der Waals surface area contributed by atoms with Gasteiger partial charge in [0, 0.05) is 12.0 Å².